The van der Waals surface area contributed by atoms with Crippen LogP contribution in [-0.2, 0) is 4.74 Å². The second-order valence-electron chi connectivity index (χ2n) is 4.87. The van der Waals surface area contributed by atoms with E-state index in [9.17, 15) is 4.79 Å². The molecular weight excluding hydrogens is 216 g/mol. The summed E-state index contributed by atoms with van der Waals surface area (Å²) < 4.78 is 10.7. The third-order valence-corrected chi connectivity index (χ3v) is 1.95. The number of hydrogen-bond acceptors (Lipinski definition) is 3. The Labute approximate surface area is 103 Å². The maximum atomic E-state index is 11.5. The third-order valence-electron chi connectivity index (χ3n) is 1.95. The molecule has 0 radical (unpaired) electrons. The zero-order chi connectivity index (χ0) is 12.9. The lowest BCUT2D eigenvalue weighted by Gasteiger charge is -2.21. The Morgan fingerprint density at radius 2 is 1.76 bits per heavy atom. The van der Waals surface area contributed by atoms with Gasteiger partial charge in [0, 0.05) is 0 Å². The molecule has 0 fully saturated rings. The highest BCUT2D eigenvalue weighted by Gasteiger charge is 2.12. The lowest BCUT2D eigenvalue weighted by molar-refractivity contribution is 0.0505. The lowest BCUT2D eigenvalue weighted by atomic mass is 10.1. The summed E-state index contributed by atoms with van der Waals surface area (Å²) in [5.41, 5.74) is 0.323. The first-order valence-electron chi connectivity index (χ1n) is 5.88. The van der Waals surface area contributed by atoms with Crippen LogP contribution < -0.4 is 4.74 Å². The summed E-state index contributed by atoms with van der Waals surface area (Å²) >= 11 is 0. The molecule has 0 saturated carbocycles. The Bertz CT molecular complexity index is 360. The Morgan fingerprint density at radius 1 is 1.18 bits per heavy atom. The number of benzene rings is 1. The minimum atomic E-state index is -0.283. The van der Waals surface area contributed by atoms with Crippen LogP contribution in [0.4, 0.5) is 0 Å². The molecular formula is C14H20O3. The molecule has 17 heavy (non-hydrogen) atoms. The molecule has 0 aliphatic rings. The highest BCUT2D eigenvalue weighted by molar-refractivity contribution is 5.89. The monoisotopic (exact) mass is 236 g/mol. The van der Waals surface area contributed by atoms with Gasteiger partial charge < -0.3 is 9.47 Å². The highest BCUT2D eigenvalue weighted by atomic mass is 16.5. The van der Waals surface area contributed by atoms with Gasteiger partial charge in [-0.15, -0.1) is 0 Å². The van der Waals surface area contributed by atoms with Gasteiger partial charge in [0.25, 0.3) is 0 Å². The molecule has 0 spiro atoms. The minimum Gasteiger partial charge on any atom is -0.488 e. The van der Waals surface area contributed by atoms with Gasteiger partial charge in [-0.2, -0.15) is 0 Å². The number of carbonyl (C=O) groups excluding carboxylic acids is 1. The summed E-state index contributed by atoms with van der Waals surface area (Å²) in [6, 6.07) is 7.01. The molecule has 3 heteroatoms. The molecule has 1 aromatic carbocycles. The van der Waals surface area contributed by atoms with Crippen molar-refractivity contribution in [3.8, 4) is 5.75 Å². The molecule has 0 heterocycles. The molecule has 1 rings (SSSR count). The first kappa shape index (κ1) is 13.6. The number of esters is 1. The molecule has 1 aromatic rings. The number of ether oxygens (including phenoxy) is 2. The summed E-state index contributed by atoms with van der Waals surface area (Å²) in [5, 5.41) is 0. The first-order valence-corrected chi connectivity index (χ1v) is 5.88. The highest BCUT2D eigenvalue weighted by Crippen LogP contribution is 2.18. The first-order chi connectivity index (χ1) is 7.92. The zero-order valence-electron chi connectivity index (χ0n) is 10.9. The van der Waals surface area contributed by atoms with Crippen molar-refractivity contribution in [1.82, 2.24) is 0 Å². The average Bonchev–Trinajstić information content (AvgIpc) is 2.24. The van der Waals surface area contributed by atoms with E-state index in [4.69, 9.17) is 9.47 Å². The maximum Gasteiger partial charge on any atom is 0.338 e. The molecule has 0 aliphatic carbocycles. The van der Waals surface area contributed by atoms with Gasteiger partial charge >= 0.3 is 5.97 Å². The molecule has 0 saturated heterocycles. The molecule has 94 valence electrons. The summed E-state index contributed by atoms with van der Waals surface area (Å²) in [6.07, 6.45) is 0.830. The van der Waals surface area contributed by atoms with Crippen molar-refractivity contribution >= 4 is 5.97 Å². The van der Waals surface area contributed by atoms with E-state index in [1.165, 1.54) is 0 Å². The summed E-state index contributed by atoms with van der Waals surface area (Å²) in [7, 11) is 0. The standard InChI is InChI=1S/C14H20O3/c1-5-10-16-13(15)11-6-8-12(9-7-11)17-14(2,3)4/h6-9H,5,10H2,1-4H3. The fourth-order valence-electron chi connectivity index (χ4n) is 1.29. The van der Waals surface area contributed by atoms with Crippen LogP contribution in [0.25, 0.3) is 0 Å². The largest absolute Gasteiger partial charge is 0.488 e. The van der Waals surface area contributed by atoms with E-state index in [2.05, 4.69) is 0 Å². The molecule has 0 unspecified atom stereocenters. The van der Waals surface area contributed by atoms with Crippen LogP contribution in [0.1, 0.15) is 44.5 Å². The summed E-state index contributed by atoms with van der Waals surface area (Å²) in [5.74, 6) is 0.471. The predicted molar refractivity (Wildman–Crippen MR) is 67.4 cm³/mol. The van der Waals surface area contributed by atoms with E-state index in [1.54, 1.807) is 24.3 Å². The second kappa shape index (κ2) is 5.71. The predicted octanol–water partition coefficient (Wildman–Crippen LogP) is 3.43. The van der Waals surface area contributed by atoms with Crippen molar-refractivity contribution in [2.24, 2.45) is 0 Å². The van der Waals surface area contributed by atoms with E-state index in [0.717, 1.165) is 12.2 Å². The van der Waals surface area contributed by atoms with Crippen LogP contribution in [-0.4, -0.2) is 18.2 Å². The van der Waals surface area contributed by atoms with Crippen LogP contribution in [0.2, 0.25) is 0 Å². The fourth-order valence-corrected chi connectivity index (χ4v) is 1.29. The summed E-state index contributed by atoms with van der Waals surface area (Å²) in [4.78, 5) is 11.5. The van der Waals surface area contributed by atoms with Gasteiger partial charge in [-0.25, -0.2) is 4.79 Å². The smallest absolute Gasteiger partial charge is 0.338 e. The molecule has 0 aliphatic heterocycles. The molecule has 0 atom stereocenters. The quantitative estimate of drug-likeness (QED) is 0.751. The van der Waals surface area contributed by atoms with Crippen molar-refractivity contribution in [3.63, 3.8) is 0 Å². The van der Waals surface area contributed by atoms with Crippen LogP contribution in [0.3, 0.4) is 0 Å². The van der Waals surface area contributed by atoms with Crippen LogP contribution >= 0.6 is 0 Å². The molecule has 0 bridgehead atoms. The molecule has 0 N–H and O–H groups in total. The fraction of sp³-hybridized carbons (Fsp3) is 0.500. The van der Waals surface area contributed by atoms with Crippen molar-refractivity contribution < 1.29 is 14.3 Å². The second-order valence-corrected chi connectivity index (χ2v) is 4.87. The van der Waals surface area contributed by atoms with Gasteiger partial charge in [-0.1, -0.05) is 6.92 Å². The normalized spacial score (nSPS) is 11.1. The van der Waals surface area contributed by atoms with Gasteiger partial charge in [0.05, 0.1) is 12.2 Å². The van der Waals surface area contributed by atoms with Gasteiger partial charge in [0.2, 0.25) is 0 Å². The summed E-state index contributed by atoms with van der Waals surface area (Å²) in [6.45, 7) is 8.37. The lowest BCUT2D eigenvalue weighted by Crippen LogP contribution is -2.22. The molecule has 3 nitrogen and oxygen atoms in total. The zero-order valence-corrected chi connectivity index (χ0v) is 10.9. The van der Waals surface area contributed by atoms with Crippen LogP contribution in [0.5, 0.6) is 5.75 Å². The van der Waals surface area contributed by atoms with Crippen molar-refractivity contribution in [2.45, 2.75) is 39.7 Å². The minimum absolute atomic E-state index is 0.232. The van der Waals surface area contributed by atoms with Crippen LogP contribution in [0.15, 0.2) is 24.3 Å². The van der Waals surface area contributed by atoms with Crippen molar-refractivity contribution in [1.29, 1.82) is 0 Å². The molecule has 0 amide bonds. The van der Waals surface area contributed by atoms with E-state index >= 15 is 0 Å². The van der Waals surface area contributed by atoms with Gasteiger partial charge in [0.1, 0.15) is 11.4 Å². The Morgan fingerprint density at radius 3 is 2.24 bits per heavy atom. The van der Waals surface area contributed by atoms with E-state index < -0.39 is 0 Å². The Kier molecular flexibility index (Phi) is 4.55. The maximum absolute atomic E-state index is 11.5. The van der Waals surface area contributed by atoms with Gasteiger partial charge in [0.15, 0.2) is 0 Å². The number of rotatable bonds is 4. The molecule has 0 aromatic heterocycles. The number of carbonyl (C=O) groups is 1. The third kappa shape index (κ3) is 4.89. The van der Waals surface area contributed by atoms with Crippen molar-refractivity contribution in [2.75, 3.05) is 6.61 Å². The Hall–Kier alpha value is -1.51. The average molecular weight is 236 g/mol. The van der Waals surface area contributed by atoms with Gasteiger partial charge in [-0.05, 0) is 51.5 Å². The van der Waals surface area contributed by atoms with Crippen LogP contribution in [0, 0.1) is 0 Å². The SMILES string of the molecule is CCCOC(=O)c1ccc(OC(C)(C)C)cc1. The van der Waals surface area contributed by atoms with Gasteiger partial charge in [-0.3, -0.25) is 0 Å². The Balaban J connectivity index is 2.64. The van der Waals surface area contributed by atoms with E-state index in [0.29, 0.717) is 12.2 Å². The topological polar surface area (TPSA) is 35.5 Å². The van der Waals surface area contributed by atoms with E-state index in [1.807, 2.05) is 27.7 Å². The number of hydrogen-bond donors (Lipinski definition) is 0. The van der Waals surface area contributed by atoms with Crippen molar-refractivity contribution in [3.05, 3.63) is 29.8 Å². The van der Waals surface area contributed by atoms with E-state index in [-0.39, 0.29) is 11.6 Å².